The van der Waals surface area contributed by atoms with Crippen LogP contribution in [0.4, 0.5) is 11.4 Å². The van der Waals surface area contributed by atoms with E-state index in [1.165, 1.54) is 4.90 Å². The van der Waals surface area contributed by atoms with Crippen molar-refractivity contribution in [3.63, 3.8) is 0 Å². The number of nitrogens with two attached hydrogens (primary N) is 1. The molecule has 3 N–H and O–H groups in total. The average molecular weight is 547 g/mol. The number of carbonyl (C=O) groups excluding carboxylic acids is 3. The Hall–Kier alpha value is -4.75. The molecule has 1 heterocycles. The molecule has 196 valence electrons. The molecule has 2 bridgehead atoms. The first-order chi connectivity index (χ1) is 19.4. The molecule has 2 atom stereocenters. The number of hydrogen-bond acceptors (Lipinski definition) is 5. The van der Waals surface area contributed by atoms with Crippen molar-refractivity contribution in [2.24, 2.45) is 16.9 Å². The molecule has 1 fully saturated rings. The lowest BCUT2D eigenvalue weighted by atomic mass is 9.47. The lowest BCUT2D eigenvalue weighted by Crippen LogP contribution is -2.54. The van der Waals surface area contributed by atoms with Gasteiger partial charge in [-0.1, -0.05) is 84.4 Å². The molecule has 0 saturated carbocycles. The summed E-state index contributed by atoms with van der Waals surface area (Å²) in [5, 5.41) is 4.74. The van der Waals surface area contributed by atoms with Crippen LogP contribution in [0.1, 0.15) is 38.5 Å². The van der Waals surface area contributed by atoms with E-state index in [0.29, 0.717) is 22.0 Å². The van der Waals surface area contributed by atoms with Gasteiger partial charge in [0.15, 0.2) is 0 Å². The van der Waals surface area contributed by atoms with E-state index in [1.807, 2.05) is 48.5 Å². The number of benzene rings is 4. The summed E-state index contributed by atoms with van der Waals surface area (Å²) in [4.78, 5) is 42.7. The molecule has 4 aromatic rings. The van der Waals surface area contributed by atoms with Gasteiger partial charge in [-0.05, 0) is 46.5 Å². The maximum atomic E-state index is 14.4. The van der Waals surface area contributed by atoms with Crippen molar-refractivity contribution in [1.29, 1.82) is 0 Å². The second kappa shape index (κ2) is 8.89. The molecule has 8 heteroatoms. The molecule has 7 nitrogen and oxygen atoms in total. The smallest absolute Gasteiger partial charge is 0.273 e. The van der Waals surface area contributed by atoms with Crippen molar-refractivity contribution in [1.82, 2.24) is 5.43 Å². The van der Waals surface area contributed by atoms with E-state index in [-0.39, 0.29) is 17.7 Å². The lowest BCUT2D eigenvalue weighted by molar-refractivity contribution is -0.122. The minimum Gasteiger partial charge on any atom is -0.398 e. The number of imide groups is 1. The average Bonchev–Trinajstić information content (AvgIpc) is 3.24. The normalized spacial score (nSPS) is 24.1. The lowest BCUT2D eigenvalue weighted by Gasteiger charge is -2.52. The van der Waals surface area contributed by atoms with Crippen LogP contribution in [-0.4, -0.2) is 23.9 Å². The highest BCUT2D eigenvalue weighted by Gasteiger charge is 2.68. The zero-order valence-corrected chi connectivity index (χ0v) is 21.9. The highest BCUT2D eigenvalue weighted by molar-refractivity contribution is 6.36. The number of nitrogens with one attached hydrogen (secondary N) is 1. The standard InChI is InChI=1S/C32H23ClN4O3/c33-23-14-6-8-16-25(23)37-30(39)27-26-18-9-1-4-12-21(18)32(28(27)31(37)40,22-13-5-2-10-19(22)26)17-35-36-29(38)20-11-3-7-15-24(20)34/h1-17,26-28H,34H2,(H,36,38)/b35-17-/t26?,27-,28+,32?/m0/s1. The number of hydrogen-bond donors (Lipinski definition) is 2. The summed E-state index contributed by atoms with van der Waals surface area (Å²) in [6.07, 6.45) is 1.62. The first-order valence-electron chi connectivity index (χ1n) is 13.0. The largest absolute Gasteiger partial charge is 0.398 e. The Labute approximate surface area is 235 Å². The van der Waals surface area contributed by atoms with Crippen molar-refractivity contribution in [3.05, 3.63) is 130 Å². The summed E-state index contributed by atoms with van der Waals surface area (Å²) in [5.41, 5.74) is 12.2. The molecule has 0 aromatic heterocycles. The highest BCUT2D eigenvalue weighted by atomic mass is 35.5. The number of carbonyl (C=O) groups is 3. The molecule has 40 heavy (non-hydrogen) atoms. The first kappa shape index (κ1) is 24.3. The summed E-state index contributed by atoms with van der Waals surface area (Å²) in [6, 6.07) is 29.3. The highest BCUT2D eigenvalue weighted by Crippen LogP contribution is 2.63. The van der Waals surface area contributed by atoms with Gasteiger partial charge in [0.05, 0.1) is 33.5 Å². The summed E-state index contributed by atoms with van der Waals surface area (Å²) in [5.74, 6) is -2.87. The van der Waals surface area contributed by atoms with Crippen LogP contribution in [0.25, 0.3) is 0 Å². The molecule has 1 saturated heterocycles. The number of rotatable bonds is 4. The number of halogens is 1. The Morgan fingerprint density at radius 1 is 0.850 bits per heavy atom. The topological polar surface area (TPSA) is 105 Å². The molecular formula is C32H23ClN4O3. The van der Waals surface area contributed by atoms with Gasteiger partial charge in [0.2, 0.25) is 11.8 Å². The van der Waals surface area contributed by atoms with Crippen LogP contribution in [0.3, 0.4) is 0 Å². The van der Waals surface area contributed by atoms with Crippen LogP contribution in [0.15, 0.2) is 102 Å². The fourth-order valence-corrected chi connectivity index (χ4v) is 7.10. The van der Waals surface area contributed by atoms with E-state index in [1.54, 1.807) is 54.7 Å². The van der Waals surface area contributed by atoms with Gasteiger partial charge in [0.25, 0.3) is 5.91 Å². The quantitative estimate of drug-likeness (QED) is 0.164. The predicted molar refractivity (Wildman–Crippen MR) is 153 cm³/mol. The van der Waals surface area contributed by atoms with Crippen LogP contribution >= 0.6 is 11.6 Å². The van der Waals surface area contributed by atoms with Crippen LogP contribution in [0.5, 0.6) is 0 Å². The van der Waals surface area contributed by atoms with Crippen LogP contribution in [0, 0.1) is 11.8 Å². The molecule has 3 amide bonds. The SMILES string of the molecule is Nc1ccccc1C(=O)N/N=C\C12c3ccccc3C(c3ccccc31)[C@@H]1C(=O)N(c3ccccc3Cl)C(=O)[C@@H]12. The Morgan fingerprint density at radius 3 is 2.12 bits per heavy atom. The third kappa shape index (κ3) is 3.18. The monoisotopic (exact) mass is 546 g/mol. The van der Waals surface area contributed by atoms with Crippen LogP contribution in [-0.2, 0) is 15.0 Å². The maximum Gasteiger partial charge on any atom is 0.273 e. The fraction of sp³-hybridized carbons (Fsp3) is 0.125. The van der Waals surface area contributed by atoms with Gasteiger partial charge in [-0.25, -0.2) is 10.3 Å². The van der Waals surface area contributed by atoms with E-state index in [2.05, 4.69) is 10.5 Å². The molecule has 4 aromatic carbocycles. The number of amides is 3. The third-order valence-corrected chi connectivity index (χ3v) is 8.74. The van der Waals surface area contributed by atoms with Crippen molar-refractivity contribution in [2.75, 3.05) is 10.6 Å². The second-order valence-electron chi connectivity index (χ2n) is 10.3. The number of anilines is 2. The van der Waals surface area contributed by atoms with Gasteiger partial charge >= 0.3 is 0 Å². The molecule has 3 aliphatic carbocycles. The maximum absolute atomic E-state index is 14.4. The molecule has 1 aliphatic heterocycles. The third-order valence-electron chi connectivity index (χ3n) is 8.42. The van der Waals surface area contributed by atoms with Gasteiger partial charge in [-0.3, -0.25) is 14.4 Å². The number of hydrazone groups is 1. The van der Waals surface area contributed by atoms with Crippen LogP contribution in [0.2, 0.25) is 5.02 Å². The van der Waals surface area contributed by atoms with E-state index >= 15 is 0 Å². The first-order valence-corrected chi connectivity index (χ1v) is 13.3. The van der Waals surface area contributed by atoms with Gasteiger partial charge in [0.1, 0.15) is 0 Å². The van der Waals surface area contributed by atoms with Crippen molar-refractivity contribution < 1.29 is 14.4 Å². The van der Waals surface area contributed by atoms with Gasteiger partial charge in [-0.15, -0.1) is 0 Å². The van der Waals surface area contributed by atoms with Crippen molar-refractivity contribution >= 4 is 46.9 Å². The van der Waals surface area contributed by atoms with E-state index < -0.39 is 23.2 Å². The summed E-state index contributed by atoms with van der Waals surface area (Å²) < 4.78 is 0. The minimum atomic E-state index is -1.11. The molecule has 0 unspecified atom stereocenters. The number of nitrogens with zero attached hydrogens (tertiary/aromatic N) is 2. The van der Waals surface area contributed by atoms with E-state index in [9.17, 15) is 14.4 Å². The van der Waals surface area contributed by atoms with E-state index in [4.69, 9.17) is 17.3 Å². The molecule has 4 aliphatic rings. The van der Waals surface area contributed by atoms with Gasteiger partial charge in [-0.2, -0.15) is 5.10 Å². The fourth-order valence-electron chi connectivity index (χ4n) is 6.88. The number of para-hydroxylation sites is 2. The van der Waals surface area contributed by atoms with Crippen molar-refractivity contribution in [2.45, 2.75) is 11.3 Å². The predicted octanol–water partition coefficient (Wildman–Crippen LogP) is 4.89. The zero-order valence-electron chi connectivity index (χ0n) is 21.1. The molecular weight excluding hydrogens is 524 g/mol. The molecule has 8 rings (SSSR count). The minimum absolute atomic E-state index is 0.292. The van der Waals surface area contributed by atoms with E-state index in [0.717, 1.165) is 22.3 Å². The number of nitrogen functional groups attached to an aromatic ring is 1. The summed E-state index contributed by atoms with van der Waals surface area (Å²) in [7, 11) is 0. The Balaban J connectivity index is 1.42. The summed E-state index contributed by atoms with van der Waals surface area (Å²) >= 11 is 6.49. The Kier molecular flexibility index (Phi) is 5.40. The van der Waals surface area contributed by atoms with Crippen molar-refractivity contribution in [3.8, 4) is 0 Å². The van der Waals surface area contributed by atoms with Crippen LogP contribution < -0.4 is 16.1 Å². The summed E-state index contributed by atoms with van der Waals surface area (Å²) in [6.45, 7) is 0. The molecule has 0 spiro atoms. The molecule has 0 radical (unpaired) electrons. The Bertz CT molecular complexity index is 1720. The van der Waals surface area contributed by atoms with Gasteiger partial charge < -0.3 is 5.73 Å². The second-order valence-corrected chi connectivity index (χ2v) is 10.7. The van der Waals surface area contributed by atoms with Gasteiger partial charge in [0, 0.05) is 17.8 Å². The zero-order chi connectivity index (χ0) is 27.6. The Morgan fingerprint density at radius 2 is 1.45 bits per heavy atom.